The number of hydrogen-bond acceptors (Lipinski definition) is 6. The second-order valence-electron chi connectivity index (χ2n) is 7.81. The average molecular weight is 399 g/mol. The number of nitrogens with one attached hydrogen (secondary N) is 1. The molecule has 2 atom stereocenters. The number of aromatic nitrogens is 3. The normalized spacial score (nSPS) is 23.2. The Balaban J connectivity index is 1.64. The van der Waals surface area contributed by atoms with Crippen LogP contribution >= 0.6 is 0 Å². The van der Waals surface area contributed by atoms with E-state index in [1.54, 1.807) is 24.0 Å². The molecule has 156 valence electrons. The molecule has 2 fully saturated rings. The van der Waals surface area contributed by atoms with Crippen LogP contribution in [-0.4, -0.2) is 76.4 Å². The van der Waals surface area contributed by atoms with E-state index in [0.717, 1.165) is 25.2 Å². The fourth-order valence-corrected chi connectivity index (χ4v) is 4.43. The molecule has 29 heavy (non-hydrogen) atoms. The van der Waals surface area contributed by atoms with Crippen LogP contribution in [0.15, 0.2) is 30.7 Å². The third-order valence-corrected chi connectivity index (χ3v) is 5.84. The number of rotatable bonds is 5. The lowest BCUT2D eigenvalue weighted by molar-refractivity contribution is -0.0741. The molecule has 1 amide bonds. The number of nitrogens with zero attached hydrogens (tertiary/aromatic N) is 5. The number of carbonyl (C=O) groups is 1. The Bertz CT molecular complexity index is 832. The molecule has 0 spiro atoms. The highest BCUT2D eigenvalue weighted by Crippen LogP contribution is 2.32. The maximum Gasteiger partial charge on any atom is 0.258 e. The summed E-state index contributed by atoms with van der Waals surface area (Å²) < 4.78 is 8.01. The molecule has 0 unspecified atom stereocenters. The summed E-state index contributed by atoms with van der Waals surface area (Å²) in [6.45, 7) is 4.11. The van der Waals surface area contributed by atoms with Gasteiger partial charge in [-0.1, -0.05) is 6.42 Å². The molecule has 8 heteroatoms. The van der Waals surface area contributed by atoms with E-state index in [4.69, 9.17) is 4.74 Å². The predicted molar refractivity (Wildman–Crippen MR) is 111 cm³/mol. The van der Waals surface area contributed by atoms with Crippen molar-refractivity contribution in [3.05, 3.63) is 41.9 Å². The number of morpholine rings is 1. The van der Waals surface area contributed by atoms with Gasteiger partial charge >= 0.3 is 0 Å². The highest BCUT2D eigenvalue weighted by molar-refractivity contribution is 5.99. The molecule has 2 aliphatic rings. The minimum atomic E-state index is -0.170. The van der Waals surface area contributed by atoms with Gasteiger partial charge in [0, 0.05) is 45.1 Å². The Kier molecular flexibility index (Phi) is 6.10. The lowest BCUT2D eigenvalue weighted by Gasteiger charge is -2.43. The molecule has 0 aromatic carbocycles. The van der Waals surface area contributed by atoms with E-state index >= 15 is 0 Å². The third kappa shape index (κ3) is 4.28. The van der Waals surface area contributed by atoms with E-state index in [1.807, 2.05) is 30.4 Å². The van der Waals surface area contributed by atoms with Gasteiger partial charge in [0.2, 0.25) is 0 Å². The maximum absolute atomic E-state index is 13.6. The molecule has 0 radical (unpaired) electrons. The Hall–Kier alpha value is -2.45. The standard InChI is InChI=1S/C21H30N6O2/c1-22-20-17(7-6-8-23-20)21(28)27-11-12-29-18(15-26-9-4-3-5-10-26)19(27)16-13-24-25(2)14-16/h6-8,13-14,18-19H,3-5,9-12,15H2,1-2H3,(H,22,23)/t18-,19-/m0/s1. The van der Waals surface area contributed by atoms with Crippen molar-refractivity contribution in [2.24, 2.45) is 7.05 Å². The minimum absolute atomic E-state index is 0.0248. The van der Waals surface area contributed by atoms with Gasteiger partial charge in [-0.2, -0.15) is 5.10 Å². The summed E-state index contributed by atoms with van der Waals surface area (Å²) in [4.78, 5) is 22.3. The lowest BCUT2D eigenvalue weighted by Crippen LogP contribution is -2.52. The largest absolute Gasteiger partial charge is 0.373 e. The van der Waals surface area contributed by atoms with Crippen molar-refractivity contribution in [1.29, 1.82) is 0 Å². The molecule has 2 saturated heterocycles. The fraction of sp³-hybridized carbons (Fsp3) is 0.571. The zero-order valence-corrected chi connectivity index (χ0v) is 17.3. The zero-order valence-electron chi connectivity index (χ0n) is 17.3. The van der Waals surface area contributed by atoms with Crippen LogP contribution in [-0.2, 0) is 11.8 Å². The maximum atomic E-state index is 13.6. The Morgan fingerprint density at radius 3 is 2.83 bits per heavy atom. The van der Waals surface area contributed by atoms with Gasteiger partial charge in [-0.3, -0.25) is 9.48 Å². The molecule has 4 heterocycles. The average Bonchev–Trinajstić information content (AvgIpc) is 3.19. The van der Waals surface area contributed by atoms with Gasteiger partial charge in [0.15, 0.2) is 0 Å². The van der Waals surface area contributed by atoms with Gasteiger partial charge in [0.1, 0.15) is 5.82 Å². The van der Waals surface area contributed by atoms with Gasteiger partial charge in [-0.25, -0.2) is 4.98 Å². The van der Waals surface area contributed by atoms with Gasteiger partial charge in [0.25, 0.3) is 5.91 Å². The SMILES string of the molecule is CNc1ncccc1C(=O)N1CCO[C@@H](CN2CCCCC2)[C@@H]1c1cnn(C)c1. The van der Waals surface area contributed by atoms with Crippen LogP contribution in [0.1, 0.15) is 41.2 Å². The van der Waals surface area contributed by atoms with Gasteiger partial charge < -0.3 is 19.9 Å². The number of hydrogen-bond donors (Lipinski definition) is 1. The lowest BCUT2D eigenvalue weighted by atomic mass is 9.98. The molecule has 1 N–H and O–H groups in total. The van der Waals surface area contributed by atoms with Crippen LogP contribution in [0.25, 0.3) is 0 Å². The minimum Gasteiger partial charge on any atom is -0.373 e. The number of ether oxygens (including phenoxy) is 1. The van der Waals surface area contributed by atoms with Crippen molar-refractivity contribution < 1.29 is 9.53 Å². The number of carbonyl (C=O) groups excluding carboxylic acids is 1. The van der Waals surface area contributed by atoms with Crippen LogP contribution < -0.4 is 5.32 Å². The van der Waals surface area contributed by atoms with E-state index < -0.39 is 0 Å². The van der Waals surface area contributed by atoms with Crippen molar-refractivity contribution >= 4 is 11.7 Å². The first-order valence-corrected chi connectivity index (χ1v) is 10.4. The van der Waals surface area contributed by atoms with Crippen molar-refractivity contribution in [3.63, 3.8) is 0 Å². The first-order valence-electron chi connectivity index (χ1n) is 10.4. The molecule has 0 bridgehead atoms. The molecule has 0 saturated carbocycles. The zero-order chi connectivity index (χ0) is 20.2. The van der Waals surface area contributed by atoms with E-state index in [9.17, 15) is 4.79 Å². The summed E-state index contributed by atoms with van der Waals surface area (Å²) in [6, 6.07) is 3.46. The van der Waals surface area contributed by atoms with Gasteiger partial charge in [0.05, 0.1) is 30.5 Å². The van der Waals surface area contributed by atoms with E-state index in [2.05, 4.69) is 20.3 Å². The Labute approximate surface area is 171 Å². The number of likely N-dealkylation sites (tertiary alicyclic amines) is 1. The van der Waals surface area contributed by atoms with Gasteiger partial charge in [-0.15, -0.1) is 0 Å². The van der Waals surface area contributed by atoms with Crippen LogP contribution in [0.5, 0.6) is 0 Å². The third-order valence-electron chi connectivity index (χ3n) is 5.84. The smallest absolute Gasteiger partial charge is 0.258 e. The summed E-state index contributed by atoms with van der Waals surface area (Å²) in [5.74, 6) is 0.574. The first kappa shape index (κ1) is 19.8. The number of anilines is 1. The van der Waals surface area contributed by atoms with E-state index in [-0.39, 0.29) is 18.1 Å². The second kappa shape index (κ2) is 8.92. The van der Waals surface area contributed by atoms with Crippen LogP contribution in [0.3, 0.4) is 0 Å². The summed E-state index contributed by atoms with van der Waals surface area (Å²) >= 11 is 0. The van der Waals surface area contributed by atoms with Crippen molar-refractivity contribution in [3.8, 4) is 0 Å². The second-order valence-corrected chi connectivity index (χ2v) is 7.81. The quantitative estimate of drug-likeness (QED) is 0.829. The van der Waals surface area contributed by atoms with Crippen LogP contribution in [0.4, 0.5) is 5.82 Å². The highest BCUT2D eigenvalue weighted by Gasteiger charge is 2.39. The fourth-order valence-electron chi connectivity index (χ4n) is 4.43. The number of amides is 1. The first-order chi connectivity index (χ1) is 14.2. The Morgan fingerprint density at radius 2 is 2.10 bits per heavy atom. The number of aryl methyl sites for hydroxylation is 1. The number of piperidine rings is 1. The topological polar surface area (TPSA) is 75.5 Å². The predicted octanol–water partition coefficient (Wildman–Crippen LogP) is 1.92. The van der Waals surface area contributed by atoms with Crippen LogP contribution in [0.2, 0.25) is 0 Å². The molecule has 4 rings (SSSR count). The summed E-state index contributed by atoms with van der Waals surface area (Å²) in [5, 5.41) is 7.39. The highest BCUT2D eigenvalue weighted by atomic mass is 16.5. The summed E-state index contributed by atoms with van der Waals surface area (Å²) in [6.07, 6.45) is 9.22. The monoisotopic (exact) mass is 398 g/mol. The molecule has 8 nitrogen and oxygen atoms in total. The molecular formula is C21H30N6O2. The number of pyridine rings is 1. The molecule has 2 aliphatic heterocycles. The van der Waals surface area contributed by atoms with Crippen molar-refractivity contribution in [2.75, 3.05) is 45.2 Å². The van der Waals surface area contributed by atoms with E-state index in [1.165, 1.54) is 19.3 Å². The summed E-state index contributed by atoms with van der Waals surface area (Å²) in [7, 11) is 3.69. The molecule has 2 aromatic rings. The molecule has 0 aliphatic carbocycles. The molecule has 2 aromatic heterocycles. The molecular weight excluding hydrogens is 368 g/mol. The summed E-state index contributed by atoms with van der Waals surface area (Å²) in [5.41, 5.74) is 1.60. The van der Waals surface area contributed by atoms with Crippen LogP contribution in [0, 0.1) is 0 Å². The Morgan fingerprint density at radius 1 is 1.28 bits per heavy atom. The van der Waals surface area contributed by atoms with Crippen molar-refractivity contribution in [1.82, 2.24) is 24.6 Å². The van der Waals surface area contributed by atoms with Gasteiger partial charge in [-0.05, 0) is 38.1 Å². The van der Waals surface area contributed by atoms with Crippen molar-refractivity contribution in [2.45, 2.75) is 31.4 Å². The van der Waals surface area contributed by atoms with E-state index in [0.29, 0.717) is 24.5 Å².